The Labute approximate surface area is 77.4 Å². The molecule has 1 aliphatic rings. The van der Waals surface area contributed by atoms with Crippen LogP contribution in [0.3, 0.4) is 0 Å². The third-order valence-electron chi connectivity index (χ3n) is 2.23. The fourth-order valence-electron chi connectivity index (χ4n) is 1.52. The second-order valence-corrected chi connectivity index (χ2v) is 3.10. The van der Waals surface area contributed by atoms with Crippen LogP contribution in [-0.2, 0) is 0 Å². The molecule has 1 atom stereocenters. The van der Waals surface area contributed by atoms with Gasteiger partial charge in [0, 0.05) is 5.92 Å². The van der Waals surface area contributed by atoms with Gasteiger partial charge in [-0.2, -0.15) is 0 Å². The molecule has 0 heterocycles. The van der Waals surface area contributed by atoms with Crippen LogP contribution in [-0.4, -0.2) is 0 Å². The lowest BCUT2D eigenvalue weighted by Crippen LogP contribution is -2.00. The Kier molecular flexibility index (Phi) is 2.26. The molecule has 13 heavy (non-hydrogen) atoms. The molecule has 1 aromatic rings. The first-order chi connectivity index (χ1) is 6.38. The van der Waals surface area contributed by atoms with Crippen molar-refractivity contribution in [3.05, 3.63) is 60.0 Å². The van der Waals surface area contributed by atoms with E-state index >= 15 is 0 Å². The number of rotatable bonds is 1. The molecule has 65 valence electrons. The van der Waals surface area contributed by atoms with Crippen LogP contribution >= 0.6 is 0 Å². The SMILES string of the molecule is FC1=C[C]=CCC1c1ccccc1. The molecule has 0 bridgehead atoms. The van der Waals surface area contributed by atoms with Gasteiger partial charge in [0.05, 0.1) is 0 Å². The lowest BCUT2D eigenvalue weighted by atomic mass is 9.92. The molecule has 0 saturated heterocycles. The summed E-state index contributed by atoms with van der Waals surface area (Å²) in [5, 5.41) is 0. The Morgan fingerprint density at radius 1 is 1.23 bits per heavy atom. The zero-order chi connectivity index (χ0) is 9.10. The van der Waals surface area contributed by atoms with Crippen molar-refractivity contribution in [1.29, 1.82) is 0 Å². The molecule has 0 amide bonds. The first kappa shape index (κ1) is 8.24. The highest BCUT2D eigenvalue weighted by molar-refractivity contribution is 5.29. The molecule has 0 aliphatic heterocycles. The van der Waals surface area contributed by atoms with E-state index in [1.54, 1.807) is 0 Å². The summed E-state index contributed by atoms with van der Waals surface area (Å²) in [7, 11) is 0. The van der Waals surface area contributed by atoms with Crippen LogP contribution in [0.5, 0.6) is 0 Å². The molecule has 0 saturated carbocycles. The molecule has 1 aromatic carbocycles. The van der Waals surface area contributed by atoms with Crippen LogP contribution in [0.15, 0.2) is 48.3 Å². The molecule has 0 nitrogen and oxygen atoms in total. The molecule has 1 radical (unpaired) electrons. The summed E-state index contributed by atoms with van der Waals surface area (Å²) >= 11 is 0. The van der Waals surface area contributed by atoms with Crippen LogP contribution in [0.1, 0.15) is 17.9 Å². The van der Waals surface area contributed by atoms with E-state index in [2.05, 4.69) is 6.08 Å². The van der Waals surface area contributed by atoms with E-state index in [9.17, 15) is 4.39 Å². The highest BCUT2D eigenvalue weighted by atomic mass is 19.1. The number of hydrogen-bond acceptors (Lipinski definition) is 0. The van der Waals surface area contributed by atoms with Crippen molar-refractivity contribution < 1.29 is 4.39 Å². The zero-order valence-corrected chi connectivity index (χ0v) is 7.20. The van der Waals surface area contributed by atoms with Crippen molar-refractivity contribution in [1.82, 2.24) is 0 Å². The van der Waals surface area contributed by atoms with Gasteiger partial charge >= 0.3 is 0 Å². The first-order valence-corrected chi connectivity index (χ1v) is 4.36. The summed E-state index contributed by atoms with van der Waals surface area (Å²) in [5.74, 6) is -0.184. The van der Waals surface area contributed by atoms with E-state index in [0.717, 1.165) is 5.56 Å². The van der Waals surface area contributed by atoms with E-state index in [1.165, 1.54) is 6.08 Å². The monoisotopic (exact) mass is 173 g/mol. The maximum atomic E-state index is 13.3. The molecule has 0 fully saturated rings. The van der Waals surface area contributed by atoms with E-state index in [1.807, 2.05) is 36.4 Å². The van der Waals surface area contributed by atoms with Gasteiger partial charge in [0.2, 0.25) is 0 Å². The third-order valence-corrected chi connectivity index (χ3v) is 2.23. The average Bonchev–Trinajstić information content (AvgIpc) is 2.20. The lowest BCUT2D eigenvalue weighted by molar-refractivity contribution is 0.540. The fraction of sp³-hybridized carbons (Fsp3) is 0.167. The Morgan fingerprint density at radius 3 is 2.69 bits per heavy atom. The number of halogens is 1. The van der Waals surface area contributed by atoms with Crippen LogP contribution in [0, 0.1) is 6.08 Å². The Bertz CT molecular complexity index is 335. The van der Waals surface area contributed by atoms with Gasteiger partial charge in [-0.05, 0) is 24.1 Å². The van der Waals surface area contributed by atoms with Gasteiger partial charge in [-0.3, -0.25) is 0 Å². The van der Waals surface area contributed by atoms with Gasteiger partial charge in [0.15, 0.2) is 0 Å². The van der Waals surface area contributed by atoms with Crippen molar-refractivity contribution >= 4 is 0 Å². The summed E-state index contributed by atoms with van der Waals surface area (Å²) in [6.45, 7) is 0. The minimum atomic E-state index is -0.0950. The van der Waals surface area contributed by atoms with Crippen molar-refractivity contribution in [2.24, 2.45) is 0 Å². The summed E-state index contributed by atoms with van der Waals surface area (Å²) in [4.78, 5) is 0. The summed E-state index contributed by atoms with van der Waals surface area (Å²) in [6, 6.07) is 9.72. The third kappa shape index (κ3) is 1.69. The maximum absolute atomic E-state index is 13.3. The molecular formula is C12H10F. The van der Waals surface area contributed by atoms with Gasteiger partial charge in [0.1, 0.15) is 5.83 Å². The van der Waals surface area contributed by atoms with E-state index < -0.39 is 0 Å². The van der Waals surface area contributed by atoms with Crippen LogP contribution in [0.25, 0.3) is 0 Å². The fourth-order valence-corrected chi connectivity index (χ4v) is 1.52. The summed E-state index contributed by atoms with van der Waals surface area (Å²) in [5.41, 5.74) is 1.04. The van der Waals surface area contributed by atoms with Gasteiger partial charge < -0.3 is 0 Å². The molecular weight excluding hydrogens is 163 g/mol. The van der Waals surface area contributed by atoms with Gasteiger partial charge in [-0.25, -0.2) is 4.39 Å². The number of allylic oxidation sites excluding steroid dienone is 4. The number of hydrogen-bond donors (Lipinski definition) is 0. The highest BCUT2D eigenvalue weighted by Gasteiger charge is 2.16. The predicted molar refractivity (Wildman–Crippen MR) is 50.8 cm³/mol. The minimum Gasteiger partial charge on any atom is -0.211 e. The lowest BCUT2D eigenvalue weighted by Gasteiger charge is -2.15. The Hall–Kier alpha value is -1.37. The topological polar surface area (TPSA) is 0 Å². The Balaban J connectivity index is 2.28. The van der Waals surface area contributed by atoms with Gasteiger partial charge in [0.25, 0.3) is 0 Å². The number of benzene rings is 1. The molecule has 1 aliphatic carbocycles. The van der Waals surface area contributed by atoms with E-state index in [0.29, 0.717) is 6.42 Å². The van der Waals surface area contributed by atoms with Crippen molar-refractivity contribution in [3.8, 4) is 0 Å². The highest BCUT2D eigenvalue weighted by Crippen LogP contribution is 2.31. The molecule has 1 unspecified atom stereocenters. The van der Waals surface area contributed by atoms with Crippen molar-refractivity contribution in [3.63, 3.8) is 0 Å². The molecule has 2 rings (SSSR count). The molecule has 0 aromatic heterocycles. The second kappa shape index (κ2) is 3.56. The van der Waals surface area contributed by atoms with Crippen LogP contribution in [0.4, 0.5) is 4.39 Å². The standard InChI is InChI=1S/C12H10F/c13-12-9-5-4-8-11(12)10-6-2-1-3-7-10/h1-4,6-7,9,11H,8H2. The largest absolute Gasteiger partial charge is 0.211 e. The zero-order valence-electron chi connectivity index (χ0n) is 7.20. The van der Waals surface area contributed by atoms with Crippen LogP contribution < -0.4 is 0 Å². The summed E-state index contributed by atoms with van der Waals surface area (Å²) < 4.78 is 13.3. The molecule has 0 spiro atoms. The minimum absolute atomic E-state index is 0.0892. The van der Waals surface area contributed by atoms with Crippen molar-refractivity contribution in [2.75, 3.05) is 0 Å². The van der Waals surface area contributed by atoms with Gasteiger partial charge in [-0.1, -0.05) is 36.4 Å². The van der Waals surface area contributed by atoms with Crippen LogP contribution in [0.2, 0.25) is 0 Å². The Morgan fingerprint density at radius 2 is 2.00 bits per heavy atom. The van der Waals surface area contributed by atoms with E-state index in [4.69, 9.17) is 0 Å². The second-order valence-electron chi connectivity index (χ2n) is 3.10. The molecule has 0 N–H and O–H groups in total. The summed E-state index contributed by atoms with van der Waals surface area (Å²) in [6.07, 6.45) is 6.78. The van der Waals surface area contributed by atoms with Crippen molar-refractivity contribution in [2.45, 2.75) is 12.3 Å². The first-order valence-electron chi connectivity index (χ1n) is 4.36. The maximum Gasteiger partial charge on any atom is 0.108 e. The molecule has 1 heteroatoms. The quantitative estimate of drug-likeness (QED) is 0.610. The normalized spacial score (nSPS) is 21.3. The van der Waals surface area contributed by atoms with Gasteiger partial charge in [-0.15, -0.1) is 0 Å². The smallest absolute Gasteiger partial charge is 0.108 e. The predicted octanol–water partition coefficient (Wildman–Crippen LogP) is 3.39. The average molecular weight is 173 g/mol. The van der Waals surface area contributed by atoms with E-state index in [-0.39, 0.29) is 11.7 Å².